The number of halogens is 1. The van der Waals surface area contributed by atoms with Crippen LogP contribution in [0.2, 0.25) is 5.02 Å². The molecular weight excluding hydrogens is 302 g/mol. The Morgan fingerprint density at radius 1 is 1.45 bits per heavy atom. The zero-order valence-corrected chi connectivity index (χ0v) is 12.7. The molecule has 1 aliphatic carbocycles. The first-order valence-corrected chi connectivity index (χ1v) is 8.61. The van der Waals surface area contributed by atoms with Gasteiger partial charge in [-0.3, -0.25) is 0 Å². The van der Waals surface area contributed by atoms with Crippen LogP contribution in [0, 0.1) is 5.92 Å². The highest BCUT2D eigenvalue weighted by Gasteiger charge is 2.29. The Morgan fingerprint density at radius 2 is 2.20 bits per heavy atom. The molecule has 0 bridgehead atoms. The second-order valence-electron chi connectivity index (χ2n) is 4.99. The number of hydrogen-bond donors (Lipinski definition) is 3. The van der Waals surface area contributed by atoms with Crippen LogP contribution in [0.3, 0.4) is 0 Å². The molecule has 7 nitrogen and oxygen atoms in total. The van der Waals surface area contributed by atoms with E-state index in [1.165, 1.54) is 12.6 Å². The van der Waals surface area contributed by atoms with Crippen molar-refractivity contribution in [3.63, 3.8) is 0 Å². The van der Waals surface area contributed by atoms with Gasteiger partial charge in [0.25, 0.3) is 0 Å². The fourth-order valence-corrected chi connectivity index (χ4v) is 3.47. The third-order valence-electron chi connectivity index (χ3n) is 3.37. The Bertz CT molecular complexity index is 580. The van der Waals surface area contributed by atoms with Crippen LogP contribution in [0.25, 0.3) is 0 Å². The van der Waals surface area contributed by atoms with Gasteiger partial charge in [-0.05, 0) is 18.8 Å². The zero-order chi connectivity index (χ0) is 14.8. The molecule has 1 fully saturated rings. The summed E-state index contributed by atoms with van der Waals surface area (Å²) in [6.07, 6.45) is 5.32. The molecule has 1 aliphatic rings. The maximum atomic E-state index is 11.3. The fourth-order valence-electron chi connectivity index (χ4n) is 2.45. The van der Waals surface area contributed by atoms with Crippen LogP contribution in [0.5, 0.6) is 0 Å². The van der Waals surface area contributed by atoms with E-state index in [2.05, 4.69) is 20.0 Å². The summed E-state index contributed by atoms with van der Waals surface area (Å²) in [6, 6.07) is -0.0459. The van der Waals surface area contributed by atoms with Crippen molar-refractivity contribution in [2.24, 2.45) is 5.92 Å². The average molecular weight is 320 g/mol. The Kier molecular flexibility index (Phi) is 4.66. The predicted octanol–water partition coefficient (Wildman–Crippen LogP) is 0.842. The van der Waals surface area contributed by atoms with Crippen molar-refractivity contribution in [3.05, 3.63) is 11.3 Å². The van der Waals surface area contributed by atoms with E-state index in [1.807, 2.05) is 0 Å². The Labute approximate surface area is 123 Å². The highest BCUT2D eigenvalue weighted by atomic mass is 35.5. The third kappa shape index (κ3) is 3.94. The summed E-state index contributed by atoms with van der Waals surface area (Å²) in [5.74, 6) is 0.905. The molecule has 0 aliphatic heterocycles. The van der Waals surface area contributed by atoms with Gasteiger partial charge in [0.15, 0.2) is 0 Å². The molecule has 1 heterocycles. The van der Waals surface area contributed by atoms with Gasteiger partial charge < -0.3 is 11.1 Å². The minimum Gasteiger partial charge on any atom is -0.382 e. The van der Waals surface area contributed by atoms with Crippen LogP contribution in [-0.4, -0.2) is 37.2 Å². The summed E-state index contributed by atoms with van der Waals surface area (Å²) in [7, 11) is -3.19. The van der Waals surface area contributed by atoms with Crippen molar-refractivity contribution < 1.29 is 8.42 Å². The second-order valence-corrected chi connectivity index (χ2v) is 7.15. The van der Waals surface area contributed by atoms with E-state index >= 15 is 0 Å². The van der Waals surface area contributed by atoms with Gasteiger partial charge in [0.1, 0.15) is 23.0 Å². The van der Waals surface area contributed by atoms with E-state index in [0.29, 0.717) is 12.4 Å². The lowest BCUT2D eigenvalue weighted by atomic mass is 10.1. The topological polar surface area (TPSA) is 110 Å². The van der Waals surface area contributed by atoms with Crippen LogP contribution in [0.15, 0.2) is 6.33 Å². The van der Waals surface area contributed by atoms with E-state index in [9.17, 15) is 8.42 Å². The van der Waals surface area contributed by atoms with Gasteiger partial charge in [-0.25, -0.2) is 23.1 Å². The monoisotopic (exact) mass is 319 g/mol. The van der Waals surface area contributed by atoms with Gasteiger partial charge in [-0.1, -0.05) is 18.0 Å². The lowest BCUT2D eigenvalue weighted by Crippen LogP contribution is -2.39. The van der Waals surface area contributed by atoms with Gasteiger partial charge >= 0.3 is 0 Å². The van der Waals surface area contributed by atoms with E-state index in [0.717, 1.165) is 19.3 Å². The molecule has 112 valence electrons. The molecule has 0 aromatic carbocycles. The first-order valence-electron chi connectivity index (χ1n) is 6.34. The van der Waals surface area contributed by atoms with Gasteiger partial charge in [-0.15, -0.1) is 0 Å². The van der Waals surface area contributed by atoms with E-state index in [-0.39, 0.29) is 22.8 Å². The number of rotatable bonds is 5. The van der Waals surface area contributed by atoms with E-state index in [4.69, 9.17) is 17.3 Å². The summed E-state index contributed by atoms with van der Waals surface area (Å²) in [5, 5.41) is 3.40. The summed E-state index contributed by atoms with van der Waals surface area (Å²) >= 11 is 6.00. The Balaban J connectivity index is 1.97. The largest absolute Gasteiger partial charge is 0.382 e. The van der Waals surface area contributed by atoms with E-state index in [1.54, 1.807) is 0 Å². The highest BCUT2D eigenvalue weighted by Crippen LogP contribution is 2.28. The minimum atomic E-state index is -3.19. The number of nitrogen functional groups attached to an aromatic ring is 1. The quantitative estimate of drug-likeness (QED) is 0.742. The van der Waals surface area contributed by atoms with Gasteiger partial charge in [0.2, 0.25) is 10.0 Å². The molecule has 20 heavy (non-hydrogen) atoms. The number of anilines is 2. The number of hydrogen-bond acceptors (Lipinski definition) is 6. The van der Waals surface area contributed by atoms with Crippen molar-refractivity contribution >= 4 is 33.3 Å². The predicted molar refractivity (Wildman–Crippen MR) is 79.1 cm³/mol. The van der Waals surface area contributed by atoms with Crippen LogP contribution in [0.4, 0.5) is 11.6 Å². The molecule has 1 aromatic rings. The van der Waals surface area contributed by atoms with Crippen molar-refractivity contribution in [2.75, 3.05) is 23.9 Å². The first kappa shape index (κ1) is 15.3. The minimum absolute atomic E-state index is 0.0459. The van der Waals surface area contributed by atoms with Crippen LogP contribution >= 0.6 is 11.6 Å². The molecule has 4 N–H and O–H groups in total. The second kappa shape index (κ2) is 6.11. The fraction of sp³-hybridized carbons (Fsp3) is 0.636. The Morgan fingerprint density at radius 3 is 2.90 bits per heavy atom. The lowest BCUT2D eigenvalue weighted by Gasteiger charge is -2.20. The number of nitrogens with zero attached hydrogens (tertiary/aromatic N) is 2. The molecular formula is C11H18ClN5O2S. The molecule has 2 rings (SSSR count). The van der Waals surface area contributed by atoms with Crippen molar-refractivity contribution in [1.29, 1.82) is 0 Å². The number of nitrogens with two attached hydrogens (primary N) is 1. The molecule has 9 heteroatoms. The van der Waals surface area contributed by atoms with Crippen molar-refractivity contribution in [2.45, 2.75) is 25.3 Å². The highest BCUT2D eigenvalue weighted by molar-refractivity contribution is 7.88. The molecule has 0 amide bonds. The summed E-state index contributed by atoms with van der Waals surface area (Å²) in [5.41, 5.74) is 5.60. The molecule has 2 atom stereocenters. The lowest BCUT2D eigenvalue weighted by molar-refractivity contribution is 0.463. The van der Waals surface area contributed by atoms with Crippen molar-refractivity contribution in [1.82, 2.24) is 14.7 Å². The maximum Gasteiger partial charge on any atom is 0.208 e. The number of sulfonamides is 1. The van der Waals surface area contributed by atoms with Crippen LogP contribution in [0.1, 0.15) is 19.3 Å². The molecule has 2 unspecified atom stereocenters. The maximum absolute atomic E-state index is 11.3. The SMILES string of the molecule is CS(=O)(=O)NC1CCCC1CNc1ncnc(N)c1Cl. The smallest absolute Gasteiger partial charge is 0.208 e. The van der Waals surface area contributed by atoms with Gasteiger partial charge in [0.05, 0.1) is 6.26 Å². The first-order chi connectivity index (χ1) is 9.37. The molecule has 0 saturated heterocycles. The molecule has 0 radical (unpaired) electrons. The van der Waals surface area contributed by atoms with E-state index < -0.39 is 10.0 Å². The summed E-state index contributed by atoms with van der Waals surface area (Å²) < 4.78 is 25.3. The zero-order valence-electron chi connectivity index (χ0n) is 11.1. The standard InChI is InChI=1S/C11H18ClN5O2S/c1-20(18,19)17-8-4-2-3-7(8)5-14-11-9(12)10(13)15-6-16-11/h6-8,17H,2-5H2,1H3,(H3,13,14,15,16). The third-order valence-corrected chi connectivity index (χ3v) is 4.48. The van der Waals surface area contributed by atoms with Crippen LogP contribution < -0.4 is 15.8 Å². The summed E-state index contributed by atoms with van der Waals surface area (Å²) in [4.78, 5) is 7.81. The molecule has 0 spiro atoms. The summed E-state index contributed by atoms with van der Waals surface area (Å²) in [6.45, 7) is 0.587. The normalized spacial score (nSPS) is 22.9. The molecule has 1 aromatic heterocycles. The molecule has 1 saturated carbocycles. The van der Waals surface area contributed by atoms with Gasteiger partial charge in [0, 0.05) is 12.6 Å². The number of aromatic nitrogens is 2. The average Bonchev–Trinajstić information content (AvgIpc) is 2.76. The Hall–Kier alpha value is -1.12. The number of nitrogens with one attached hydrogen (secondary N) is 2. The van der Waals surface area contributed by atoms with Crippen molar-refractivity contribution in [3.8, 4) is 0 Å². The van der Waals surface area contributed by atoms with Gasteiger partial charge in [-0.2, -0.15) is 0 Å². The van der Waals surface area contributed by atoms with Crippen LogP contribution in [-0.2, 0) is 10.0 Å².